The lowest BCUT2D eigenvalue weighted by Gasteiger charge is -2.39. The number of ether oxygens (including phenoxy) is 2. The summed E-state index contributed by atoms with van der Waals surface area (Å²) in [5.41, 5.74) is 1.83. The van der Waals surface area contributed by atoms with E-state index >= 15 is 0 Å². The Morgan fingerprint density at radius 2 is 2.20 bits per heavy atom. The molecule has 2 heterocycles. The van der Waals surface area contributed by atoms with Crippen LogP contribution >= 0.6 is 0 Å². The number of aryl methyl sites for hydroxylation is 1. The van der Waals surface area contributed by atoms with E-state index in [2.05, 4.69) is 5.32 Å². The van der Waals surface area contributed by atoms with Gasteiger partial charge in [-0.15, -0.1) is 0 Å². The molecule has 1 aromatic carbocycles. The molecule has 0 unspecified atom stereocenters. The summed E-state index contributed by atoms with van der Waals surface area (Å²) >= 11 is 0. The largest absolute Gasteiger partial charge is 0.491 e. The van der Waals surface area contributed by atoms with Gasteiger partial charge in [0.25, 0.3) is 0 Å². The van der Waals surface area contributed by atoms with E-state index in [4.69, 9.17) is 9.47 Å². The predicted molar refractivity (Wildman–Crippen MR) is 94.6 cm³/mol. The van der Waals surface area contributed by atoms with Gasteiger partial charge in [0.2, 0.25) is 11.8 Å². The van der Waals surface area contributed by atoms with Crippen molar-refractivity contribution in [3.63, 3.8) is 0 Å². The van der Waals surface area contributed by atoms with E-state index < -0.39 is 0 Å². The van der Waals surface area contributed by atoms with Crippen LogP contribution in [-0.4, -0.2) is 50.1 Å². The molecule has 1 fully saturated rings. The van der Waals surface area contributed by atoms with Crippen LogP contribution in [0.25, 0.3) is 0 Å². The highest BCUT2D eigenvalue weighted by molar-refractivity contribution is 5.92. The molecule has 1 aromatic rings. The number of carbonyl (C=O) groups is 2. The number of carbonyl (C=O) groups excluding carboxylic acids is 2. The number of fused-ring (bicyclic) bond motifs is 2. The Balaban J connectivity index is 1.73. The first kappa shape index (κ1) is 17.7. The molecule has 136 valence electrons. The average Bonchev–Trinajstić information content (AvgIpc) is 2.58. The predicted octanol–water partition coefficient (Wildman–Crippen LogP) is 2.22. The van der Waals surface area contributed by atoms with Gasteiger partial charge in [-0.3, -0.25) is 9.59 Å². The topological polar surface area (TPSA) is 67.9 Å². The van der Waals surface area contributed by atoms with Gasteiger partial charge in [-0.05, 0) is 49.3 Å². The first-order valence-electron chi connectivity index (χ1n) is 8.87. The molecule has 0 spiro atoms. The number of rotatable bonds is 2. The third kappa shape index (κ3) is 4.31. The number of amides is 2. The van der Waals surface area contributed by atoms with Gasteiger partial charge in [0.1, 0.15) is 12.4 Å². The fourth-order valence-electron chi connectivity index (χ4n) is 3.74. The molecule has 2 aliphatic rings. The third-order valence-electron chi connectivity index (χ3n) is 5.11. The smallest absolute Gasteiger partial charge is 0.248 e. The number of anilines is 1. The van der Waals surface area contributed by atoms with Crippen molar-refractivity contribution in [2.24, 2.45) is 11.8 Å². The van der Waals surface area contributed by atoms with Gasteiger partial charge in [-0.2, -0.15) is 0 Å². The highest BCUT2D eigenvalue weighted by atomic mass is 16.5. The van der Waals surface area contributed by atoms with Crippen molar-refractivity contribution in [2.45, 2.75) is 26.2 Å². The van der Waals surface area contributed by atoms with Crippen molar-refractivity contribution in [1.82, 2.24) is 4.90 Å². The van der Waals surface area contributed by atoms with Crippen LogP contribution in [0.4, 0.5) is 5.69 Å². The number of likely N-dealkylation sites (tertiary alicyclic amines) is 1. The SMILES string of the molecule is COCC(=O)N1CC[C@H]2CC(=O)Nc3cc(C)ccc3OCC[C@H]2C1. The molecule has 2 aliphatic heterocycles. The van der Waals surface area contributed by atoms with E-state index in [-0.39, 0.29) is 30.3 Å². The van der Waals surface area contributed by atoms with Crippen molar-refractivity contribution in [1.29, 1.82) is 0 Å². The molecule has 0 aliphatic carbocycles. The average molecular weight is 346 g/mol. The van der Waals surface area contributed by atoms with E-state index in [1.165, 1.54) is 7.11 Å². The summed E-state index contributed by atoms with van der Waals surface area (Å²) in [6.45, 7) is 4.05. The quantitative estimate of drug-likeness (QED) is 0.892. The van der Waals surface area contributed by atoms with Gasteiger partial charge in [0.05, 0.1) is 12.3 Å². The van der Waals surface area contributed by atoms with E-state index in [1.807, 2.05) is 30.0 Å². The minimum Gasteiger partial charge on any atom is -0.491 e. The molecule has 25 heavy (non-hydrogen) atoms. The lowest BCUT2D eigenvalue weighted by molar-refractivity contribution is -0.138. The number of hydrogen-bond donors (Lipinski definition) is 1. The highest BCUT2D eigenvalue weighted by Crippen LogP contribution is 2.33. The normalized spacial score (nSPS) is 23.8. The van der Waals surface area contributed by atoms with Crippen LogP contribution in [0.5, 0.6) is 5.75 Å². The molecule has 6 nitrogen and oxygen atoms in total. The van der Waals surface area contributed by atoms with Crippen LogP contribution < -0.4 is 10.1 Å². The Hall–Kier alpha value is -2.08. The maximum Gasteiger partial charge on any atom is 0.248 e. The Morgan fingerprint density at radius 1 is 1.36 bits per heavy atom. The van der Waals surface area contributed by atoms with Gasteiger partial charge in [0, 0.05) is 26.6 Å². The lowest BCUT2D eigenvalue weighted by Crippen LogP contribution is -2.46. The Kier molecular flexibility index (Phi) is 5.58. The number of nitrogens with zero attached hydrogens (tertiary/aromatic N) is 1. The van der Waals surface area contributed by atoms with Crippen LogP contribution in [0, 0.1) is 18.8 Å². The fraction of sp³-hybridized carbons (Fsp3) is 0.579. The van der Waals surface area contributed by atoms with E-state index in [1.54, 1.807) is 0 Å². The monoisotopic (exact) mass is 346 g/mol. The summed E-state index contributed by atoms with van der Waals surface area (Å²) in [5, 5.41) is 2.99. The summed E-state index contributed by atoms with van der Waals surface area (Å²) in [6.07, 6.45) is 2.17. The molecule has 3 rings (SSSR count). The Morgan fingerprint density at radius 3 is 3.00 bits per heavy atom. The molecular weight excluding hydrogens is 320 g/mol. The number of benzene rings is 1. The minimum atomic E-state index is 0.0176. The van der Waals surface area contributed by atoms with Crippen LogP contribution in [0.3, 0.4) is 0 Å². The van der Waals surface area contributed by atoms with E-state index in [0.29, 0.717) is 31.9 Å². The molecule has 0 bridgehead atoms. The molecule has 2 amide bonds. The van der Waals surface area contributed by atoms with Gasteiger partial charge >= 0.3 is 0 Å². The summed E-state index contributed by atoms with van der Waals surface area (Å²) in [6, 6.07) is 5.82. The zero-order chi connectivity index (χ0) is 17.8. The van der Waals surface area contributed by atoms with Crippen molar-refractivity contribution in [3.8, 4) is 5.75 Å². The maximum absolute atomic E-state index is 12.5. The van der Waals surface area contributed by atoms with Gasteiger partial charge < -0.3 is 19.7 Å². The van der Waals surface area contributed by atoms with Gasteiger partial charge in [-0.25, -0.2) is 0 Å². The molecule has 2 atom stereocenters. The Bertz CT molecular complexity index is 646. The Labute approximate surface area is 148 Å². The second kappa shape index (κ2) is 7.87. The summed E-state index contributed by atoms with van der Waals surface area (Å²) in [7, 11) is 1.53. The number of piperidine rings is 1. The lowest BCUT2D eigenvalue weighted by atomic mass is 9.81. The second-order valence-corrected chi connectivity index (χ2v) is 6.97. The van der Waals surface area contributed by atoms with Crippen molar-refractivity contribution in [2.75, 3.05) is 38.7 Å². The molecule has 6 heteroatoms. The van der Waals surface area contributed by atoms with Crippen LogP contribution in [0.2, 0.25) is 0 Å². The standard InChI is InChI=1S/C19H26N2O4/c1-13-3-4-17-16(9-13)20-18(22)10-14-5-7-21(19(23)12-24-2)11-15(14)6-8-25-17/h3-4,9,14-15H,5-8,10-12H2,1-2H3,(H,20,22)/t14-,15-/m0/s1. The van der Waals surface area contributed by atoms with Gasteiger partial charge in [-0.1, -0.05) is 6.07 Å². The third-order valence-corrected chi connectivity index (χ3v) is 5.11. The van der Waals surface area contributed by atoms with Crippen molar-refractivity contribution >= 4 is 17.5 Å². The number of nitrogens with one attached hydrogen (secondary N) is 1. The van der Waals surface area contributed by atoms with Crippen molar-refractivity contribution in [3.05, 3.63) is 23.8 Å². The first-order chi connectivity index (χ1) is 12.1. The van der Waals surface area contributed by atoms with Crippen LogP contribution in [0.1, 0.15) is 24.8 Å². The van der Waals surface area contributed by atoms with Gasteiger partial charge in [0.15, 0.2) is 0 Å². The molecular formula is C19H26N2O4. The molecule has 1 saturated heterocycles. The molecule has 1 N–H and O–H groups in total. The zero-order valence-electron chi connectivity index (χ0n) is 14.9. The van der Waals surface area contributed by atoms with Crippen molar-refractivity contribution < 1.29 is 19.1 Å². The van der Waals surface area contributed by atoms with E-state index in [9.17, 15) is 9.59 Å². The fourth-order valence-corrected chi connectivity index (χ4v) is 3.74. The van der Waals surface area contributed by atoms with E-state index in [0.717, 1.165) is 24.1 Å². The molecule has 0 saturated carbocycles. The summed E-state index contributed by atoms with van der Waals surface area (Å²) in [5.74, 6) is 1.29. The van der Waals surface area contributed by atoms with Crippen LogP contribution in [0.15, 0.2) is 18.2 Å². The minimum absolute atomic E-state index is 0.0176. The second-order valence-electron chi connectivity index (χ2n) is 6.97. The zero-order valence-corrected chi connectivity index (χ0v) is 14.9. The molecule has 0 radical (unpaired) electrons. The van der Waals surface area contributed by atoms with Crippen LogP contribution in [-0.2, 0) is 14.3 Å². The summed E-state index contributed by atoms with van der Waals surface area (Å²) < 4.78 is 10.9. The summed E-state index contributed by atoms with van der Waals surface area (Å²) in [4.78, 5) is 26.4. The first-order valence-corrected chi connectivity index (χ1v) is 8.87. The highest BCUT2D eigenvalue weighted by Gasteiger charge is 2.33. The number of methoxy groups -OCH3 is 1. The molecule has 0 aromatic heterocycles. The number of hydrogen-bond acceptors (Lipinski definition) is 4. The maximum atomic E-state index is 12.5.